The van der Waals surface area contributed by atoms with Crippen LogP contribution in [0.15, 0.2) is 47.8 Å². The van der Waals surface area contributed by atoms with E-state index < -0.39 is 17.8 Å². The van der Waals surface area contributed by atoms with Gasteiger partial charge in [0.05, 0.1) is 16.1 Å². The smallest absolute Gasteiger partial charge is 0.416 e. The molecule has 1 amide bonds. The Morgan fingerprint density at radius 2 is 2.09 bits per heavy atom. The summed E-state index contributed by atoms with van der Waals surface area (Å²) in [5.74, 6) is 1.47. The van der Waals surface area contributed by atoms with Crippen molar-refractivity contribution < 1.29 is 22.7 Å². The number of halogens is 3. The van der Waals surface area contributed by atoms with Crippen LogP contribution in [-0.2, 0) is 10.9 Å². The largest absolute Gasteiger partial charge is 0.448 e. The van der Waals surface area contributed by atoms with E-state index in [9.17, 15) is 18.0 Å². The van der Waals surface area contributed by atoms with Gasteiger partial charge in [-0.25, -0.2) is 14.8 Å². The summed E-state index contributed by atoms with van der Waals surface area (Å²) in [6.07, 6.45) is -3.30. The number of benzene rings is 1. The maximum absolute atomic E-state index is 12.9. The molecule has 1 aromatic carbocycles. The molecule has 4 atom stereocenters. The number of nitrogens with zero attached hydrogens (tertiary/aromatic N) is 3. The van der Waals surface area contributed by atoms with Crippen molar-refractivity contribution in [3.05, 3.63) is 64.9 Å². The molecule has 3 aliphatic rings. The van der Waals surface area contributed by atoms with Crippen molar-refractivity contribution in [2.75, 3.05) is 25.0 Å². The lowest BCUT2D eigenvalue weighted by molar-refractivity contribution is -0.137. The lowest BCUT2D eigenvalue weighted by Crippen LogP contribution is -2.54. The van der Waals surface area contributed by atoms with Crippen LogP contribution < -0.4 is 5.32 Å². The maximum Gasteiger partial charge on any atom is 0.416 e. The maximum atomic E-state index is 12.9. The first-order chi connectivity index (χ1) is 16.8. The number of anilines is 1. The van der Waals surface area contributed by atoms with Crippen molar-refractivity contribution in [2.24, 2.45) is 5.92 Å². The quantitative estimate of drug-likeness (QED) is 0.466. The Bertz CT molecular complexity index is 1200. The predicted molar refractivity (Wildman–Crippen MR) is 127 cm³/mol. The molecule has 0 radical (unpaired) electrons. The second-order valence-electron chi connectivity index (χ2n) is 9.04. The monoisotopic (exact) mass is 502 g/mol. The molecule has 1 unspecified atom stereocenters. The number of carbonyl (C=O) groups excluding carboxylic acids is 1. The fourth-order valence-electron chi connectivity index (χ4n) is 5.08. The van der Waals surface area contributed by atoms with E-state index in [0.717, 1.165) is 60.2 Å². The third-order valence-corrected chi connectivity index (χ3v) is 7.63. The number of thiophene rings is 1. The Hall–Kier alpha value is -2.98. The topological polar surface area (TPSA) is 67.4 Å². The number of carbonyl (C=O) groups is 1. The second-order valence-corrected chi connectivity index (χ2v) is 9.99. The Morgan fingerprint density at radius 3 is 2.80 bits per heavy atom. The number of rotatable bonds is 5. The molecular formula is C25H25F3N4O2S. The van der Waals surface area contributed by atoms with Crippen LogP contribution in [-0.4, -0.2) is 46.7 Å². The summed E-state index contributed by atoms with van der Waals surface area (Å²) in [4.78, 5) is 25.0. The van der Waals surface area contributed by atoms with Crippen LogP contribution in [0.25, 0.3) is 10.6 Å². The SMILES string of the molecule is Cc1nc(-c2cccs2)cc([C@H]2CN3CC[C@H]2C[C@@H]3COC(=O)Nc2cccc(C(F)(F)F)c2)n1. The molecule has 6 nitrogen and oxygen atoms in total. The number of amides is 1. The molecule has 1 N–H and O–H groups in total. The van der Waals surface area contributed by atoms with E-state index in [1.54, 1.807) is 11.3 Å². The summed E-state index contributed by atoms with van der Waals surface area (Å²) in [5, 5.41) is 4.44. The molecular weight excluding hydrogens is 477 g/mol. The van der Waals surface area contributed by atoms with Gasteiger partial charge in [0.2, 0.25) is 0 Å². The zero-order valence-electron chi connectivity index (χ0n) is 19.1. The average Bonchev–Trinajstić information content (AvgIpc) is 3.38. The van der Waals surface area contributed by atoms with Gasteiger partial charge in [-0.15, -0.1) is 11.3 Å². The summed E-state index contributed by atoms with van der Waals surface area (Å²) < 4.78 is 44.1. The molecule has 5 heterocycles. The van der Waals surface area contributed by atoms with Crippen molar-refractivity contribution in [3.8, 4) is 10.6 Å². The minimum atomic E-state index is -4.47. The third-order valence-electron chi connectivity index (χ3n) is 6.73. The van der Waals surface area contributed by atoms with Gasteiger partial charge >= 0.3 is 12.3 Å². The Kier molecular flexibility index (Phi) is 6.50. The van der Waals surface area contributed by atoms with Crippen molar-refractivity contribution in [1.82, 2.24) is 14.9 Å². The van der Waals surface area contributed by atoms with E-state index in [-0.39, 0.29) is 18.3 Å². The molecule has 184 valence electrons. The van der Waals surface area contributed by atoms with Gasteiger partial charge in [-0.05, 0) is 67.9 Å². The Morgan fingerprint density at radius 1 is 1.23 bits per heavy atom. The van der Waals surface area contributed by atoms with E-state index in [2.05, 4.69) is 27.3 Å². The standard InChI is InChI=1S/C25H25F3N4O2S/c1-15-29-21(12-22(30-15)23-6-3-9-35-23)20-13-32-8-7-16(20)10-19(32)14-34-24(33)31-18-5-2-4-17(11-18)25(26,27)28/h2-6,9,11-12,16,19-20H,7-8,10,13-14H2,1H3,(H,31,33)/t16-,19+,20-/m0/s1. The van der Waals surface area contributed by atoms with Gasteiger partial charge in [-0.2, -0.15) is 13.2 Å². The van der Waals surface area contributed by atoms with Crippen molar-refractivity contribution in [3.63, 3.8) is 0 Å². The minimum absolute atomic E-state index is 0.0519. The van der Waals surface area contributed by atoms with Gasteiger partial charge < -0.3 is 4.74 Å². The first-order valence-electron chi connectivity index (χ1n) is 11.5. The highest BCUT2D eigenvalue weighted by atomic mass is 32.1. The average molecular weight is 503 g/mol. The van der Waals surface area contributed by atoms with E-state index in [4.69, 9.17) is 9.72 Å². The van der Waals surface area contributed by atoms with Gasteiger partial charge in [0, 0.05) is 29.9 Å². The number of nitrogens with one attached hydrogen (secondary N) is 1. The molecule has 35 heavy (non-hydrogen) atoms. The van der Waals surface area contributed by atoms with Crippen LogP contribution >= 0.6 is 11.3 Å². The fraction of sp³-hybridized carbons (Fsp3) is 0.400. The Balaban J connectivity index is 1.20. The number of hydrogen-bond acceptors (Lipinski definition) is 6. The number of fused-ring (bicyclic) bond motifs is 3. The summed E-state index contributed by atoms with van der Waals surface area (Å²) in [5.41, 5.74) is 1.23. The van der Waals surface area contributed by atoms with Crippen LogP contribution in [0.2, 0.25) is 0 Å². The zero-order valence-corrected chi connectivity index (χ0v) is 19.9. The van der Waals surface area contributed by atoms with Crippen molar-refractivity contribution >= 4 is 23.1 Å². The normalized spacial score (nSPS) is 23.8. The highest BCUT2D eigenvalue weighted by Gasteiger charge is 2.42. The highest BCUT2D eigenvalue weighted by molar-refractivity contribution is 7.13. The minimum Gasteiger partial charge on any atom is -0.448 e. The molecule has 3 aromatic rings. The third kappa shape index (κ3) is 5.33. The highest BCUT2D eigenvalue weighted by Crippen LogP contribution is 2.42. The second kappa shape index (κ2) is 9.58. The van der Waals surface area contributed by atoms with Crippen molar-refractivity contribution in [2.45, 2.75) is 37.9 Å². The van der Waals surface area contributed by atoms with Gasteiger partial charge in [0.25, 0.3) is 0 Å². The molecule has 6 rings (SSSR count). The van der Waals surface area contributed by atoms with Gasteiger partial charge in [0.1, 0.15) is 12.4 Å². The fourth-order valence-corrected chi connectivity index (χ4v) is 5.76. The molecule has 0 saturated carbocycles. The predicted octanol–water partition coefficient (Wildman–Crippen LogP) is 5.96. The van der Waals surface area contributed by atoms with Crippen molar-refractivity contribution in [1.29, 1.82) is 0 Å². The number of alkyl halides is 3. The van der Waals surface area contributed by atoms with E-state index in [1.807, 2.05) is 18.4 Å². The molecule has 10 heteroatoms. The molecule has 2 bridgehead atoms. The number of aromatic nitrogens is 2. The van der Waals surface area contributed by atoms with E-state index >= 15 is 0 Å². The number of aryl methyl sites for hydroxylation is 1. The van der Waals surface area contributed by atoms with Gasteiger partial charge in [-0.1, -0.05) is 12.1 Å². The van der Waals surface area contributed by atoms with Gasteiger partial charge in [-0.3, -0.25) is 10.2 Å². The first-order valence-corrected chi connectivity index (χ1v) is 12.4. The van der Waals surface area contributed by atoms with Crippen LogP contribution in [0, 0.1) is 12.8 Å². The van der Waals surface area contributed by atoms with E-state index in [1.165, 1.54) is 12.1 Å². The summed E-state index contributed by atoms with van der Waals surface area (Å²) in [6.45, 7) is 3.86. The number of piperidine rings is 3. The number of hydrogen-bond donors (Lipinski definition) is 1. The van der Waals surface area contributed by atoms with Crippen LogP contribution in [0.4, 0.5) is 23.7 Å². The Labute approximate surface area is 205 Å². The van der Waals surface area contributed by atoms with Crippen LogP contribution in [0.5, 0.6) is 0 Å². The molecule has 3 aliphatic heterocycles. The van der Waals surface area contributed by atoms with Crippen LogP contribution in [0.1, 0.15) is 35.8 Å². The lowest BCUT2D eigenvalue weighted by Gasteiger charge is -2.49. The van der Waals surface area contributed by atoms with Crippen LogP contribution in [0.3, 0.4) is 0 Å². The van der Waals surface area contributed by atoms with E-state index in [0.29, 0.717) is 11.8 Å². The lowest BCUT2D eigenvalue weighted by atomic mass is 9.74. The summed E-state index contributed by atoms with van der Waals surface area (Å²) >= 11 is 1.66. The number of ether oxygens (including phenoxy) is 1. The molecule has 0 spiro atoms. The zero-order chi connectivity index (χ0) is 24.6. The molecule has 3 fully saturated rings. The first kappa shape index (κ1) is 23.7. The van der Waals surface area contributed by atoms with Gasteiger partial charge in [0.15, 0.2) is 0 Å². The molecule has 2 aromatic heterocycles. The summed E-state index contributed by atoms with van der Waals surface area (Å²) in [6, 6.07) is 10.8. The molecule has 3 saturated heterocycles. The summed E-state index contributed by atoms with van der Waals surface area (Å²) in [7, 11) is 0. The molecule has 0 aliphatic carbocycles.